The summed E-state index contributed by atoms with van der Waals surface area (Å²) in [7, 11) is 0. The van der Waals surface area contributed by atoms with Crippen LogP contribution in [0.15, 0.2) is 48.7 Å². The fourth-order valence-electron chi connectivity index (χ4n) is 2.14. The number of hydrogen-bond donors (Lipinski definition) is 1. The third kappa shape index (κ3) is 2.45. The summed E-state index contributed by atoms with van der Waals surface area (Å²) in [6, 6.07) is 12.7. The lowest BCUT2D eigenvalue weighted by Gasteiger charge is -2.06. The van der Waals surface area contributed by atoms with Gasteiger partial charge in [0.25, 0.3) is 0 Å². The Labute approximate surface area is 110 Å². The summed E-state index contributed by atoms with van der Waals surface area (Å²) in [5.74, 6) is 0.608. The van der Waals surface area contributed by atoms with Gasteiger partial charge < -0.3 is 9.72 Å². The second kappa shape index (κ2) is 4.76. The standard InChI is InChI=1S/C16H14FNO/c1-11-3-2-4-14(7-11)19-10-12-9-18-16-8-13(17)5-6-15(12)16/h2-9,18H,10H2,1H3. The molecule has 3 rings (SSSR count). The summed E-state index contributed by atoms with van der Waals surface area (Å²) < 4.78 is 18.8. The zero-order valence-corrected chi connectivity index (χ0v) is 10.6. The van der Waals surface area contributed by atoms with E-state index in [4.69, 9.17) is 4.74 Å². The fraction of sp³-hybridized carbons (Fsp3) is 0.125. The van der Waals surface area contributed by atoms with E-state index in [0.717, 1.165) is 22.2 Å². The van der Waals surface area contributed by atoms with E-state index in [1.807, 2.05) is 37.4 Å². The minimum atomic E-state index is -0.236. The first-order valence-electron chi connectivity index (χ1n) is 6.17. The average Bonchev–Trinajstić information content (AvgIpc) is 2.78. The Balaban J connectivity index is 1.82. The van der Waals surface area contributed by atoms with Gasteiger partial charge in [0.2, 0.25) is 0 Å². The van der Waals surface area contributed by atoms with E-state index in [-0.39, 0.29) is 5.82 Å². The molecule has 0 unspecified atom stereocenters. The molecule has 3 aromatic rings. The molecule has 96 valence electrons. The average molecular weight is 255 g/mol. The van der Waals surface area contributed by atoms with Gasteiger partial charge in [-0.15, -0.1) is 0 Å². The van der Waals surface area contributed by atoms with E-state index < -0.39 is 0 Å². The number of benzene rings is 2. The molecule has 0 saturated heterocycles. The van der Waals surface area contributed by atoms with Gasteiger partial charge in [0.05, 0.1) is 0 Å². The van der Waals surface area contributed by atoms with Crippen molar-refractivity contribution in [3.8, 4) is 5.75 Å². The highest BCUT2D eigenvalue weighted by atomic mass is 19.1. The molecular formula is C16H14FNO. The second-order valence-electron chi connectivity index (χ2n) is 4.61. The van der Waals surface area contributed by atoms with Crippen LogP contribution in [0.2, 0.25) is 0 Å². The summed E-state index contributed by atoms with van der Waals surface area (Å²) in [5, 5.41) is 0.994. The van der Waals surface area contributed by atoms with Crippen molar-refractivity contribution in [1.29, 1.82) is 0 Å². The van der Waals surface area contributed by atoms with Crippen molar-refractivity contribution in [3.63, 3.8) is 0 Å². The van der Waals surface area contributed by atoms with Crippen LogP contribution in [0.3, 0.4) is 0 Å². The molecule has 3 heteroatoms. The van der Waals surface area contributed by atoms with Crippen molar-refractivity contribution in [3.05, 3.63) is 65.6 Å². The molecule has 1 aromatic heterocycles. The Hall–Kier alpha value is -2.29. The third-order valence-corrected chi connectivity index (χ3v) is 3.11. The van der Waals surface area contributed by atoms with E-state index >= 15 is 0 Å². The van der Waals surface area contributed by atoms with Gasteiger partial charge in [0.1, 0.15) is 18.2 Å². The van der Waals surface area contributed by atoms with Gasteiger partial charge in [0.15, 0.2) is 0 Å². The first-order valence-corrected chi connectivity index (χ1v) is 6.17. The number of halogens is 1. The van der Waals surface area contributed by atoms with Crippen molar-refractivity contribution in [2.24, 2.45) is 0 Å². The van der Waals surface area contributed by atoms with Crippen LogP contribution >= 0.6 is 0 Å². The van der Waals surface area contributed by atoms with Crippen molar-refractivity contribution < 1.29 is 9.13 Å². The van der Waals surface area contributed by atoms with Crippen LogP contribution < -0.4 is 4.74 Å². The third-order valence-electron chi connectivity index (χ3n) is 3.11. The summed E-state index contributed by atoms with van der Waals surface area (Å²) in [5.41, 5.74) is 2.98. The zero-order valence-electron chi connectivity index (χ0n) is 10.6. The zero-order chi connectivity index (χ0) is 13.2. The Morgan fingerprint density at radius 1 is 1.16 bits per heavy atom. The predicted octanol–water partition coefficient (Wildman–Crippen LogP) is 4.19. The molecule has 0 aliphatic carbocycles. The van der Waals surface area contributed by atoms with Crippen molar-refractivity contribution in [2.75, 3.05) is 0 Å². The number of aromatic nitrogens is 1. The largest absolute Gasteiger partial charge is 0.489 e. The van der Waals surface area contributed by atoms with Crippen LogP contribution in [-0.4, -0.2) is 4.98 Å². The SMILES string of the molecule is Cc1cccc(OCc2c[nH]c3cc(F)ccc23)c1. The highest BCUT2D eigenvalue weighted by Crippen LogP contribution is 2.21. The maximum atomic E-state index is 13.1. The van der Waals surface area contributed by atoms with Crippen molar-refractivity contribution in [1.82, 2.24) is 4.98 Å². The Morgan fingerprint density at radius 3 is 2.89 bits per heavy atom. The van der Waals surface area contributed by atoms with Crippen LogP contribution in [0.1, 0.15) is 11.1 Å². The second-order valence-corrected chi connectivity index (χ2v) is 4.61. The topological polar surface area (TPSA) is 25.0 Å². The van der Waals surface area contributed by atoms with Crippen LogP contribution in [0, 0.1) is 12.7 Å². The van der Waals surface area contributed by atoms with Crippen molar-refractivity contribution >= 4 is 10.9 Å². The van der Waals surface area contributed by atoms with Gasteiger partial charge in [-0.1, -0.05) is 12.1 Å². The number of aromatic amines is 1. The Bertz CT molecular complexity index is 718. The summed E-state index contributed by atoms with van der Waals surface area (Å²) in [4.78, 5) is 3.06. The van der Waals surface area contributed by atoms with Crippen molar-refractivity contribution in [2.45, 2.75) is 13.5 Å². The van der Waals surface area contributed by atoms with Crippen LogP contribution in [0.25, 0.3) is 10.9 Å². The smallest absolute Gasteiger partial charge is 0.125 e. The minimum absolute atomic E-state index is 0.236. The lowest BCUT2D eigenvalue weighted by Crippen LogP contribution is -1.94. The minimum Gasteiger partial charge on any atom is -0.489 e. The monoisotopic (exact) mass is 255 g/mol. The molecule has 1 N–H and O–H groups in total. The number of aryl methyl sites for hydroxylation is 1. The van der Waals surface area contributed by atoms with Crippen LogP contribution in [0.4, 0.5) is 4.39 Å². The van der Waals surface area contributed by atoms with E-state index in [0.29, 0.717) is 6.61 Å². The highest BCUT2D eigenvalue weighted by molar-refractivity contribution is 5.83. The normalized spacial score (nSPS) is 10.8. The lowest BCUT2D eigenvalue weighted by atomic mass is 10.2. The van der Waals surface area contributed by atoms with E-state index in [9.17, 15) is 4.39 Å². The van der Waals surface area contributed by atoms with E-state index in [2.05, 4.69) is 4.98 Å². The van der Waals surface area contributed by atoms with Crippen LogP contribution in [-0.2, 0) is 6.61 Å². The number of hydrogen-bond acceptors (Lipinski definition) is 1. The van der Waals surface area contributed by atoms with Gasteiger partial charge in [-0.2, -0.15) is 0 Å². The van der Waals surface area contributed by atoms with E-state index in [1.165, 1.54) is 17.7 Å². The number of H-pyrrole nitrogens is 1. The number of ether oxygens (including phenoxy) is 1. The summed E-state index contributed by atoms with van der Waals surface area (Å²) in [6.07, 6.45) is 1.86. The first kappa shape index (κ1) is 11.8. The molecule has 0 fully saturated rings. The lowest BCUT2D eigenvalue weighted by molar-refractivity contribution is 0.307. The molecule has 0 aliphatic rings. The molecule has 0 spiro atoms. The van der Waals surface area contributed by atoms with Gasteiger partial charge >= 0.3 is 0 Å². The first-order chi connectivity index (χ1) is 9.22. The predicted molar refractivity (Wildman–Crippen MR) is 73.8 cm³/mol. The Kier molecular flexibility index (Phi) is 2.95. The number of rotatable bonds is 3. The molecule has 0 bridgehead atoms. The molecule has 0 saturated carbocycles. The molecule has 0 atom stereocenters. The molecule has 0 radical (unpaired) electrons. The quantitative estimate of drug-likeness (QED) is 0.745. The molecule has 2 nitrogen and oxygen atoms in total. The molecule has 19 heavy (non-hydrogen) atoms. The molecule has 1 heterocycles. The maximum absolute atomic E-state index is 13.1. The highest BCUT2D eigenvalue weighted by Gasteiger charge is 2.05. The molecule has 0 aliphatic heterocycles. The van der Waals surface area contributed by atoms with Crippen LogP contribution in [0.5, 0.6) is 5.75 Å². The maximum Gasteiger partial charge on any atom is 0.125 e. The molecule has 0 amide bonds. The molecule has 2 aromatic carbocycles. The molecular weight excluding hydrogens is 241 g/mol. The fourth-order valence-corrected chi connectivity index (χ4v) is 2.14. The van der Waals surface area contributed by atoms with E-state index in [1.54, 1.807) is 6.07 Å². The van der Waals surface area contributed by atoms with Gasteiger partial charge in [-0.25, -0.2) is 4.39 Å². The number of fused-ring (bicyclic) bond motifs is 1. The summed E-state index contributed by atoms with van der Waals surface area (Å²) in [6.45, 7) is 2.50. The number of nitrogens with one attached hydrogen (secondary N) is 1. The van der Waals surface area contributed by atoms with Gasteiger partial charge in [-0.3, -0.25) is 0 Å². The Morgan fingerprint density at radius 2 is 2.05 bits per heavy atom. The summed E-state index contributed by atoms with van der Waals surface area (Å²) >= 11 is 0. The van der Waals surface area contributed by atoms with Gasteiger partial charge in [0, 0.05) is 22.7 Å². The van der Waals surface area contributed by atoms with Gasteiger partial charge in [-0.05, 0) is 42.8 Å².